The highest BCUT2D eigenvalue weighted by atomic mass is 19.1. The first-order valence-corrected chi connectivity index (χ1v) is 10.4. The minimum absolute atomic E-state index is 0.200. The average molecular weight is 371 g/mol. The number of hydrogen-bond acceptors (Lipinski definition) is 2. The number of benzene rings is 1. The van der Waals surface area contributed by atoms with Crippen LogP contribution in [0.1, 0.15) is 88.2 Å². The molecule has 0 aliphatic rings. The van der Waals surface area contributed by atoms with E-state index in [1.807, 2.05) is 12.1 Å². The third kappa shape index (κ3) is 5.16. The molecule has 0 atom stereocenters. The Morgan fingerprint density at radius 1 is 0.889 bits per heavy atom. The number of unbranched alkanes of at least 4 members (excludes halogenated alkanes) is 2. The van der Waals surface area contributed by atoms with Gasteiger partial charge < -0.3 is 5.73 Å². The summed E-state index contributed by atoms with van der Waals surface area (Å²) in [7, 11) is 0. The molecule has 2 nitrogen and oxygen atoms in total. The van der Waals surface area contributed by atoms with E-state index in [1.165, 1.54) is 35.2 Å². The van der Waals surface area contributed by atoms with Crippen molar-refractivity contribution in [2.24, 2.45) is 5.73 Å². The van der Waals surface area contributed by atoms with Crippen LogP contribution in [0.4, 0.5) is 4.39 Å². The molecule has 0 aliphatic heterocycles. The SMILES string of the molecule is CCCCCc1c(C(C)C)nc(C(C)C)c(CCN)c1-c1ccc(F)cc1. The topological polar surface area (TPSA) is 38.9 Å². The smallest absolute Gasteiger partial charge is 0.123 e. The first kappa shape index (κ1) is 21.6. The standard InChI is InChI=1S/C24H35FN2/c1-6-7-8-9-20-22(18-10-12-19(25)13-11-18)21(14-15-26)24(17(4)5)27-23(20)16(2)3/h10-13,16-17H,6-9,14-15,26H2,1-5H3. The summed E-state index contributed by atoms with van der Waals surface area (Å²) < 4.78 is 13.6. The molecule has 2 rings (SSSR count). The Morgan fingerprint density at radius 3 is 1.93 bits per heavy atom. The predicted octanol–water partition coefficient (Wildman–Crippen LogP) is 6.37. The third-order valence-corrected chi connectivity index (χ3v) is 5.11. The Morgan fingerprint density at radius 2 is 1.44 bits per heavy atom. The number of nitrogens with two attached hydrogens (primary N) is 1. The van der Waals surface area contributed by atoms with E-state index in [1.54, 1.807) is 12.1 Å². The molecule has 148 valence electrons. The minimum Gasteiger partial charge on any atom is -0.330 e. The van der Waals surface area contributed by atoms with Gasteiger partial charge in [0.05, 0.1) is 0 Å². The molecule has 0 spiro atoms. The van der Waals surface area contributed by atoms with Crippen LogP contribution in [-0.4, -0.2) is 11.5 Å². The van der Waals surface area contributed by atoms with Gasteiger partial charge >= 0.3 is 0 Å². The quantitative estimate of drug-likeness (QED) is 0.521. The summed E-state index contributed by atoms with van der Waals surface area (Å²) in [6.07, 6.45) is 5.35. The number of hydrogen-bond donors (Lipinski definition) is 1. The molecule has 0 fully saturated rings. The molecular formula is C24H35FN2. The zero-order chi connectivity index (χ0) is 20.0. The van der Waals surface area contributed by atoms with Crippen molar-refractivity contribution in [3.8, 4) is 11.1 Å². The van der Waals surface area contributed by atoms with Crippen molar-refractivity contribution in [3.05, 3.63) is 52.6 Å². The lowest BCUT2D eigenvalue weighted by Crippen LogP contribution is -2.15. The summed E-state index contributed by atoms with van der Waals surface area (Å²) in [6.45, 7) is 11.6. The van der Waals surface area contributed by atoms with Gasteiger partial charge in [0.1, 0.15) is 5.82 Å². The zero-order valence-electron chi connectivity index (χ0n) is 17.6. The van der Waals surface area contributed by atoms with Gasteiger partial charge in [0.15, 0.2) is 0 Å². The molecule has 1 aromatic heterocycles. The fourth-order valence-corrected chi connectivity index (χ4v) is 3.83. The van der Waals surface area contributed by atoms with E-state index in [0.717, 1.165) is 30.5 Å². The normalized spacial score (nSPS) is 11.6. The van der Waals surface area contributed by atoms with E-state index in [-0.39, 0.29) is 5.82 Å². The lowest BCUT2D eigenvalue weighted by Gasteiger charge is -2.25. The molecule has 0 saturated heterocycles. The van der Waals surface area contributed by atoms with Gasteiger partial charge in [-0.3, -0.25) is 4.98 Å². The molecule has 0 amide bonds. The molecule has 1 heterocycles. The second kappa shape index (κ2) is 9.98. The molecule has 1 aromatic carbocycles. The molecule has 2 aromatic rings. The van der Waals surface area contributed by atoms with Gasteiger partial charge in [0.25, 0.3) is 0 Å². The Labute approximate surface area is 164 Å². The van der Waals surface area contributed by atoms with Crippen LogP contribution in [0.15, 0.2) is 24.3 Å². The summed E-state index contributed by atoms with van der Waals surface area (Å²) in [5.41, 5.74) is 13.2. The van der Waals surface area contributed by atoms with Crippen LogP contribution < -0.4 is 5.73 Å². The molecule has 27 heavy (non-hydrogen) atoms. The Kier molecular flexibility index (Phi) is 7.97. The average Bonchev–Trinajstić information content (AvgIpc) is 2.62. The minimum atomic E-state index is -0.200. The maximum Gasteiger partial charge on any atom is 0.123 e. The van der Waals surface area contributed by atoms with Crippen molar-refractivity contribution in [3.63, 3.8) is 0 Å². The zero-order valence-corrected chi connectivity index (χ0v) is 17.6. The van der Waals surface area contributed by atoms with Gasteiger partial charge in [-0.1, -0.05) is 59.6 Å². The summed E-state index contributed by atoms with van der Waals surface area (Å²) in [5.74, 6) is 0.479. The lowest BCUT2D eigenvalue weighted by atomic mass is 9.84. The van der Waals surface area contributed by atoms with Crippen molar-refractivity contribution >= 4 is 0 Å². The highest BCUT2D eigenvalue weighted by molar-refractivity contribution is 5.73. The monoisotopic (exact) mass is 370 g/mol. The number of rotatable bonds is 9. The maximum absolute atomic E-state index is 13.6. The van der Waals surface area contributed by atoms with Crippen LogP contribution in [0.5, 0.6) is 0 Å². The van der Waals surface area contributed by atoms with Crippen LogP contribution >= 0.6 is 0 Å². The first-order chi connectivity index (χ1) is 12.9. The van der Waals surface area contributed by atoms with Crippen LogP contribution in [0.25, 0.3) is 11.1 Å². The van der Waals surface area contributed by atoms with E-state index in [4.69, 9.17) is 10.7 Å². The highest BCUT2D eigenvalue weighted by Gasteiger charge is 2.23. The lowest BCUT2D eigenvalue weighted by molar-refractivity contribution is 0.628. The van der Waals surface area contributed by atoms with Gasteiger partial charge in [-0.15, -0.1) is 0 Å². The van der Waals surface area contributed by atoms with Crippen LogP contribution in [0.2, 0.25) is 0 Å². The van der Waals surface area contributed by atoms with Crippen LogP contribution in [-0.2, 0) is 12.8 Å². The second-order valence-electron chi connectivity index (χ2n) is 8.03. The van der Waals surface area contributed by atoms with Crippen LogP contribution in [0, 0.1) is 5.82 Å². The van der Waals surface area contributed by atoms with E-state index in [9.17, 15) is 4.39 Å². The summed E-state index contributed by atoms with van der Waals surface area (Å²) >= 11 is 0. The first-order valence-electron chi connectivity index (χ1n) is 10.4. The Hall–Kier alpha value is -1.74. The van der Waals surface area contributed by atoms with Gasteiger partial charge in [-0.25, -0.2) is 4.39 Å². The van der Waals surface area contributed by atoms with Gasteiger partial charge in [-0.2, -0.15) is 0 Å². The van der Waals surface area contributed by atoms with Gasteiger partial charge in [0.2, 0.25) is 0 Å². The van der Waals surface area contributed by atoms with E-state index >= 15 is 0 Å². The van der Waals surface area contributed by atoms with Gasteiger partial charge in [0, 0.05) is 11.4 Å². The maximum atomic E-state index is 13.6. The largest absolute Gasteiger partial charge is 0.330 e. The number of nitrogens with zero attached hydrogens (tertiary/aromatic N) is 1. The Bertz CT molecular complexity index is 733. The summed E-state index contributed by atoms with van der Waals surface area (Å²) in [6, 6.07) is 6.92. The predicted molar refractivity (Wildman–Crippen MR) is 114 cm³/mol. The molecule has 2 N–H and O–H groups in total. The van der Waals surface area contributed by atoms with Crippen molar-refractivity contribution < 1.29 is 4.39 Å². The molecule has 0 saturated carbocycles. The van der Waals surface area contributed by atoms with Crippen molar-refractivity contribution in [2.45, 2.75) is 78.6 Å². The van der Waals surface area contributed by atoms with Gasteiger partial charge in [-0.05, 0) is 72.0 Å². The Balaban J connectivity index is 2.79. The van der Waals surface area contributed by atoms with Crippen LogP contribution in [0.3, 0.4) is 0 Å². The molecule has 0 aliphatic carbocycles. The fourth-order valence-electron chi connectivity index (χ4n) is 3.83. The van der Waals surface area contributed by atoms with Crippen molar-refractivity contribution in [1.29, 1.82) is 0 Å². The summed E-state index contributed by atoms with van der Waals surface area (Å²) in [5, 5.41) is 0. The van der Waals surface area contributed by atoms with Crippen molar-refractivity contribution in [1.82, 2.24) is 4.98 Å². The van der Waals surface area contributed by atoms with Crippen molar-refractivity contribution in [2.75, 3.05) is 6.54 Å². The van der Waals surface area contributed by atoms with E-state index in [2.05, 4.69) is 34.6 Å². The molecule has 0 unspecified atom stereocenters. The number of halogens is 1. The molecule has 3 heteroatoms. The molecule has 0 radical (unpaired) electrons. The van der Waals surface area contributed by atoms with E-state index in [0.29, 0.717) is 18.4 Å². The third-order valence-electron chi connectivity index (χ3n) is 5.11. The second-order valence-corrected chi connectivity index (χ2v) is 8.03. The number of pyridine rings is 1. The fraction of sp³-hybridized carbons (Fsp3) is 0.542. The summed E-state index contributed by atoms with van der Waals surface area (Å²) in [4.78, 5) is 5.14. The molecular weight excluding hydrogens is 335 g/mol. The van der Waals surface area contributed by atoms with E-state index < -0.39 is 0 Å². The number of aromatic nitrogens is 1. The highest BCUT2D eigenvalue weighted by Crippen LogP contribution is 2.37. The molecule has 0 bridgehead atoms.